The second-order valence-corrected chi connectivity index (χ2v) is 13.3. The van der Waals surface area contributed by atoms with Gasteiger partial charge in [-0.3, -0.25) is 4.79 Å². The number of amides is 1. The van der Waals surface area contributed by atoms with Gasteiger partial charge < -0.3 is 19.7 Å². The number of benzene rings is 3. The van der Waals surface area contributed by atoms with Gasteiger partial charge in [0.1, 0.15) is 18.2 Å². The summed E-state index contributed by atoms with van der Waals surface area (Å²) < 4.78 is 47.9. The average molecular weight is 717 g/mol. The van der Waals surface area contributed by atoms with Crippen molar-refractivity contribution in [2.24, 2.45) is 11.8 Å². The smallest absolute Gasteiger partial charge is 0.391 e. The van der Waals surface area contributed by atoms with E-state index in [9.17, 15) is 22.8 Å². The number of hydrogen-bond acceptors (Lipinski definition) is 4. The summed E-state index contributed by atoms with van der Waals surface area (Å²) in [5.74, 6) is -1.95. The first-order valence-electron chi connectivity index (χ1n) is 16.3. The third-order valence-corrected chi connectivity index (χ3v) is 9.47. The van der Waals surface area contributed by atoms with Crippen LogP contribution < -0.4 is 10.1 Å². The third-order valence-electron chi connectivity index (χ3n) is 8.93. The lowest BCUT2D eigenvalue weighted by Gasteiger charge is -2.30. The van der Waals surface area contributed by atoms with Crippen molar-refractivity contribution in [1.29, 1.82) is 0 Å². The number of carboxylic acids is 1. The highest BCUT2D eigenvalue weighted by Crippen LogP contribution is 2.40. The molecular formula is C37H38Cl2F3N3O4. The molecule has 1 fully saturated rings. The van der Waals surface area contributed by atoms with Gasteiger partial charge in [0, 0.05) is 29.2 Å². The molecule has 0 aliphatic heterocycles. The standard InChI is InChI=1S/C37H38Cl2F3N3O4/c1-2-3-18-45-21-33(30-17-14-28(38)20-31(30)39)43-34(45)32(44-35(46)25-10-12-27(13-11-25)37(40,41)42)19-23-6-15-29(16-7-23)49-22-24-4-8-26(9-5-24)36(47)48/h4-9,14-17,20-21,25,27,32H,2-3,10-13,18-19,22H2,1H3,(H,44,46)(H,47,48)/t25?,27?,32-/m0/s1. The van der Waals surface area contributed by atoms with Gasteiger partial charge in [-0.1, -0.05) is 60.8 Å². The number of hydrogen-bond donors (Lipinski definition) is 2. The van der Waals surface area contributed by atoms with Crippen molar-refractivity contribution >= 4 is 35.1 Å². The van der Waals surface area contributed by atoms with Gasteiger partial charge in [-0.15, -0.1) is 0 Å². The molecule has 0 saturated heterocycles. The van der Waals surface area contributed by atoms with Gasteiger partial charge in [0.25, 0.3) is 0 Å². The predicted molar refractivity (Wildman–Crippen MR) is 183 cm³/mol. The maximum absolute atomic E-state index is 13.6. The SMILES string of the molecule is CCCCn1cc(-c2ccc(Cl)cc2Cl)nc1[C@H](Cc1ccc(OCc2ccc(C(=O)O)cc2)cc1)NC(=O)C1CCC(C(F)(F)F)CC1. The summed E-state index contributed by atoms with van der Waals surface area (Å²) in [5, 5.41) is 13.2. The Hall–Kier alpha value is -4.02. The molecule has 0 unspecified atom stereocenters. The maximum atomic E-state index is 13.6. The Balaban J connectivity index is 1.38. The van der Waals surface area contributed by atoms with Gasteiger partial charge in [-0.2, -0.15) is 13.2 Å². The van der Waals surface area contributed by atoms with Crippen LogP contribution in [0.15, 0.2) is 72.9 Å². The number of aryl methyl sites for hydroxylation is 1. The van der Waals surface area contributed by atoms with Crippen LogP contribution in [-0.4, -0.2) is 32.7 Å². The van der Waals surface area contributed by atoms with Crippen LogP contribution in [0.25, 0.3) is 11.3 Å². The minimum absolute atomic E-state index is 0.0677. The van der Waals surface area contributed by atoms with Crippen LogP contribution in [0.4, 0.5) is 13.2 Å². The van der Waals surface area contributed by atoms with Crippen molar-refractivity contribution in [3.05, 3.63) is 105 Å². The minimum Gasteiger partial charge on any atom is -0.489 e. The summed E-state index contributed by atoms with van der Waals surface area (Å²) in [5.41, 5.74) is 3.22. The van der Waals surface area contributed by atoms with Gasteiger partial charge in [-0.05, 0) is 92.1 Å². The number of carbonyl (C=O) groups excluding carboxylic acids is 1. The van der Waals surface area contributed by atoms with E-state index in [-0.39, 0.29) is 43.8 Å². The molecule has 260 valence electrons. The molecule has 1 heterocycles. The Morgan fingerprint density at radius 3 is 2.29 bits per heavy atom. The van der Waals surface area contributed by atoms with Gasteiger partial charge in [0.05, 0.1) is 28.2 Å². The van der Waals surface area contributed by atoms with Crippen LogP contribution in [0.5, 0.6) is 5.75 Å². The fraction of sp³-hybridized carbons (Fsp3) is 0.378. The number of aromatic nitrogens is 2. The first-order valence-corrected chi connectivity index (χ1v) is 17.1. The number of ether oxygens (including phenoxy) is 1. The second-order valence-electron chi connectivity index (χ2n) is 12.4. The molecular weight excluding hydrogens is 678 g/mol. The molecule has 1 saturated carbocycles. The van der Waals surface area contributed by atoms with Crippen LogP contribution in [0.3, 0.4) is 0 Å². The number of carboxylic acid groups (broad SMARTS) is 1. The summed E-state index contributed by atoms with van der Waals surface area (Å²) in [6.45, 7) is 2.98. The summed E-state index contributed by atoms with van der Waals surface area (Å²) in [7, 11) is 0. The van der Waals surface area contributed by atoms with Crippen molar-refractivity contribution < 1.29 is 32.6 Å². The molecule has 1 amide bonds. The average Bonchev–Trinajstić information content (AvgIpc) is 3.50. The molecule has 5 rings (SSSR count). The zero-order chi connectivity index (χ0) is 35.1. The van der Waals surface area contributed by atoms with Crippen molar-refractivity contribution in [2.75, 3.05) is 0 Å². The molecule has 12 heteroatoms. The lowest BCUT2D eigenvalue weighted by Crippen LogP contribution is -2.39. The second kappa shape index (κ2) is 16.1. The predicted octanol–water partition coefficient (Wildman–Crippen LogP) is 9.70. The molecule has 4 aromatic rings. The van der Waals surface area contributed by atoms with Gasteiger partial charge >= 0.3 is 12.1 Å². The number of aromatic carboxylic acids is 1. The summed E-state index contributed by atoms with van der Waals surface area (Å²) >= 11 is 12.7. The van der Waals surface area contributed by atoms with Crippen LogP contribution >= 0.6 is 23.2 Å². The van der Waals surface area contributed by atoms with E-state index in [1.807, 2.05) is 35.0 Å². The highest BCUT2D eigenvalue weighted by Gasteiger charge is 2.42. The summed E-state index contributed by atoms with van der Waals surface area (Å²) in [6.07, 6.45) is 0.0278. The maximum Gasteiger partial charge on any atom is 0.391 e. The molecule has 0 bridgehead atoms. The minimum atomic E-state index is -4.26. The number of carbonyl (C=O) groups is 2. The largest absolute Gasteiger partial charge is 0.489 e. The van der Waals surface area contributed by atoms with E-state index in [0.717, 1.165) is 24.0 Å². The fourth-order valence-electron chi connectivity index (χ4n) is 6.09. The quantitative estimate of drug-likeness (QED) is 0.144. The number of rotatable bonds is 13. The zero-order valence-corrected chi connectivity index (χ0v) is 28.5. The molecule has 0 radical (unpaired) electrons. The van der Waals surface area contributed by atoms with E-state index in [0.29, 0.717) is 45.8 Å². The van der Waals surface area contributed by atoms with Gasteiger partial charge in [-0.25, -0.2) is 9.78 Å². The van der Waals surface area contributed by atoms with E-state index in [2.05, 4.69) is 12.2 Å². The number of unbranched alkanes of at least 4 members (excludes halogenated alkanes) is 1. The van der Waals surface area contributed by atoms with Crippen molar-refractivity contribution in [3.63, 3.8) is 0 Å². The molecule has 1 aliphatic carbocycles. The highest BCUT2D eigenvalue weighted by molar-refractivity contribution is 6.36. The molecule has 1 atom stereocenters. The number of halogens is 5. The van der Waals surface area contributed by atoms with Crippen molar-refractivity contribution in [2.45, 2.75) is 77.2 Å². The Bertz CT molecular complexity index is 1740. The molecule has 7 nitrogen and oxygen atoms in total. The van der Waals surface area contributed by atoms with Crippen molar-refractivity contribution in [1.82, 2.24) is 14.9 Å². The van der Waals surface area contributed by atoms with E-state index in [4.69, 9.17) is 38.0 Å². The van der Waals surface area contributed by atoms with Crippen LogP contribution in [0, 0.1) is 11.8 Å². The van der Waals surface area contributed by atoms with Crippen LogP contribution in [0.2, 0.25) is 10.0 Å². The van der Waals surface area contributed by atoms with Gasteiger partial charge in [0.2, 0.25) is 5.91 Å². The number of nitrogens with one attached hydrogen (secondary N) is 1. The first-order chi connectivity index (χ1) is 23.4. The number of imidazole rings is 1. The number of nitrogens with zero attached hydrogens (tertiary/aromatic N) is 2. The Morgan fingerprint density at radius 1 is 1.00 bits per heavy atom. The molecule has 0 spiro atoms. The molecule has 49 heavy (non-hydrogen) atoms. The third kappa shape index (κ3) is 9.57. The van der Waals surface area contributed by atoms with Crippen molar-refractivity contribution in [3.8, 4) is 17.0 Å². The van der Waals surface area contributed by atoms with Gasteiger partial charge in [0.15, 0.2) is 0 Å². The molecule has 2 N–H and O–H groups in total. The summed E-state index contributed by atoms with van der Waals surface area (Å²) in [4.78, 5) is 29.7. The van der Waals surface area contributed by atoms with E-state index < -0.39 is 30.0 Å². The van der Waals surface area contributed by atoms with Crippen LogP contribution in [0.1, 0.15) is 78.8 Å². The monoisotopic (exact) mass is 715 g/mol. The fourth-order valence-corrected chi connectivity index (χ4v) is 6.60. The topological polar surface area (TPSA) is 93.5 Å². The Kier molecular flexibility index (Phi) is 11.9. The molecule has 3 aromatic carbocycles. The zero-order valence-electron chi connectivity index (χ0n) is 27.0. The number of alkyl halides is 3. The summed E-state index contributed by atoms with van der Waals surface area (Å²) in [6, 6.07) is 18.5. The lowest BCUT2D eigenvalue weighted by atomic mass is 9.81. The van der Waals surface area contributed by atoms with E-state index in [1.165, 1.54) is 12.1 Å². The Labute approximate surface area is 293 Å². The van der Waals surface area contributed by atoms with E-state index in [1.54, 1.807) is 30.3 Å². The van der Waals surface area contributed by atoms with Crippen LogP contribution in [-0.2, 0) is 24.4 Å². The first kappa shape index (κ1) is 36.3. The molecule has 1 aromatic heterocycles. The molecule has 1 aliphatic rings. The normalized spacial score (nSPS) is 17.0. The lowest BCUT2D eigenvalue weighted by molar-refractivity contribution is -0.184. The Morgan fingerprint density at radius 2 is 1.67 bits per heavy atom. The highest BCUT2D eigenvalue weighted by atomic mass is 35.5. The van der Waals surface area contributed by atoms with E-state index >= 15 is 0 Å².